The van der Waals surface area contributed by atoms with Crippen LogP contribution in [0.25, 0.3) is 0 Å². The maximum absolute atomic E-state index is 12.8. The molecule has 0 saturated heterocycles. The van der Waals surface area contributed by atoms with Gasteiger partial charge in [0, 0.05) is 19.1 Å². The van der Waals surface area contributed by atoms with E-state index in [4.69, 9.17) is 0 Å². The molecular formula is C8H14F2O2S. The lowest BCUT2D eigenvalue weighted by Gasteiger charge is -2.28. The van der Waals surface area contributed by atoms with Gasteiger partial charge in [-0.15, -0.1) is 0 Å². The third kappa shape index (κ3) is 4.02. The van der Waals surface area contributed by atoms with E-state index in [0.717, 1.165) is 6.26 Å². The Bertz CT molecular complexity index is 272. The van der Waals surface area contributed by atoms with Crippen molar-refractivity contribution < 1.29 is 17.2 Å². The molecule has 2 nitrogen and oxygen atoms in total. The van der Waals surface area contributed by atoms with Crippen molar-refractivity contribution in [2.75, 3.05) is 12.0 Å². The molecule has 0 heterocycles. The van der Waals surface area contributed by atoms with Crippen LogP contribution in [0.1, 0.15) is 25.7 Å². The molecule has 1 fully saturated rings. The lowest BCUT2D eigenvalue weighted by atomic mass is 9.88. The Morgan fingerprint density at radius 1 is 1.46 bits per heavy atom. The second-order valence-corrected chi connectivity index (χ2v) is 6.10. The van der Waals surface area contributed by atoms with Crippen molar-refractivity contribution in [3.05, 3.63) is 0 Å². The number of hydrogen-bond acceptors (Lipinski definition) is 2. The molecule has 0 spiro atoms. The van der Waals surface area contributed by atoms with Gasteiger partial charge in [-0.3, -0.25) is 0 Å². The molecule has 0 amide bonds. The Kier molecular flexibility index (Phi) is 2.95. The van der Waals surface area contributed by atoms with Crippen LogP contribution in [0.3, 0.4) is 0 Å². The molecule has 1 rings (SSSR count). The Morgan fingerprint density at radius 3 is 2.54 bits per heavy atom. The summed E-state index contributed by atoms with van der Waals surface area (Å²) in [6, 6.07) is 0. The third-order valence-corrected chi connectivity index (χ3v) is 3.36. The molecule has 78 valence electrons. The molecule has 0 aromatic carbocycles. The minimum absolute atomic E-state index is 0.0900. The first-order valence-corrected chi connectivity index (χ1v) is 6.40. The van der Waals surface area contributed by atoms with Gasteiger partial charge in [-0.05, 0) is 18.8 Å². The Labute approximate surface area is 77.2 Å². The van der Waals surface area contributed by atoms with E-state index >= 15 is 0 Å². The van der Waals surface area contributed by atoms with Gasteiger partial charge in [0.25, 0.3) is 0 Å². The van der Waals surface area contributed by atoms with Crippen molar-refractivity contribution >= 4 is 9.84 Å². The summed E-state index contributed by atoms with van der Waals surface area (Å²) in [6.45, 7) is 0. The molecule has 1 atom stereocenters. The molecule has 13 heavy (non-hydrogen) atoms. The fourth-order valence-corrected chi connectivity index (χ4v) is 2.99. The highest BCUT2D eigenvalue weighted by atomic mass is 32.2. The zero-order valence-electron chi connectivity index (χ0n) is 7.59. The van der Waals surface area contributed by atoms with Crippen molar-refractivity contribution in [2.45, 2.75) is 31.6 Å². The van der Waals surface area contributed by atoms with E-state index in [1.54, 1.807) is 0 Å². The zero-order chi connectivity index (χ0) is 10.1. The van der Waals surface area contributed by atoms with Gasteiger partial charge in [-0.1, -0.05) is 0 Å². The van der Waals surface area contributed by atoms with Gasteiger partial charge >= 0.3 is 0 Å². The van der Waals surface area contributed by atoms with Crippen LogP contribution in [0.15, 0.2) is 0 Å². The number of rotatable bonds is 2. The van der Waals surface area contributed by atoms with Crippen LogP contribution in [0.5, 0.6) is 0 Å². The summed E-state index contributed by atoms with van der Waals surface area (Å²) in [5.41, 5.74) is 0. The largest absolute Gasteiger partial charge is 0.248 e. The summed E-state index contributed by atoms with van der Waals surface area (Å²) in [6.07, 6.45) is 1.79. The standard InChI is InChI=1S/C8H14F2O2S/c1-13(11,12)6-7-3-2-4-8(9,10)5-7/h7H,2-6H2,1H3. The molecule has 1 aliphatic rings. The van der Waals surface area contributed by atoms with Crippen LogP contribution in [-0.4, -0.2) is 26.3 Å². The van der Waals surface area contributed by atoms with Crippen LogP contribution in [0.4, 0.5) is 8.78 Å². The monoisotopic (exact) mass is 212 g/mol. The van der Waals surface area contributed by atoms with Crippen LogP contribution in [0.2, 0.25) is 0 Å². The zero-order valence-corrected chi connectivity index (χ0v) is 8.41. The summed E-state index contributed by atoms with van der Waals surface area (Å²) in [4.78, 5) is 0. The maximum Gasteiger partial charge on any atom is 0.248 e. The maximum atomic E-state index is 12.8. The minimum Gasteiger partial charge on any atom is -0.229 e. The molecule has 0 radical (unpaired) electrons. The van der Waals surface area contributed by atoms with Gasteiger partial charge in [-0.2, -0.15) is 0 Å². The minimum atomic E-state index is -3.11. The van der Waals surface area contributed by atoms with Gasteiger partial charge in [0.15, 0.2) is 0 Å². The first-order valence-electron chi connectivity index (χ1n) is 4.34. The average molecular weight is 212 g/mol. The van der Waals surface area contributed by atoms with E-state index in [1.165, 1.54) is 0 Å². The lowest BCUT2D eigenvalue weighted by molar-refractivity contribution is -0.0488. The van der Waals surface area contributed by atoms with Crippen molar-refractivity contribution in [2.24, 2.45) is 5.92 Å². The van der Waals surface area contributed by atoms with Crippen molar-refractivity contribution in [3.8, 4) is 0 Å². The van der Waals surface area contributed by atoms with Crippen LogP contribution >= 0.6 is 0 Å². The SMILES string of the molecule is CS(=O)(=O)CC1CCCC(F)(F)C1. The van der Waals surface area contributed by atoms with Gasteiger partial charge in [0.05, 0.1) is 5.75 Å². The summed E-state index contributed by atoms with van der Waals surface area (Å²) >= 11 is 0. The Morgan fingerprint density at radius 2 is 2.08 bits per heavy atom. The van der Waals surface area contributed by atoms with Gasteiger partial charge in [-0.25, -0.2) is 17.2 Å². The molecule has 0 bridgehead atoms. The third-order valence-electron chi connectivity index (χ3n) is 2.28. The average Bonchev–Trinajstić information content (AvgIpc) is 1.79. The highest BCUT2D eigenvalue weighted by Gasteiger charge is 2.37. The lowest BCUT2D eigenvalue weighted by Crippen LogP contribution is -2.29. The predicted octanol–water partition coefficient (Wildman–Crippen LogP) is 1.86. The predicted molar refractivity (Wildman–Crippen MR) is 46.6 cm³/mol. The fraction of sp³-hybridized carbons (Fsp3) is 1.00. The van der Waals surface area contributed by atoms with Crippen molar-refractivity contribution in [3.63, 3.8) is 0 Å². The van der Waals surface area contributed by atoms with Gasteiger partial charge < -0.3 is 0 Å². The summed E-state index contributed by atoms with van der Waals surface area (Å²) < 4.78 is 47.4. The molecule has 0 aromatic rings. The number of hydrogen-bond donors (Lipinski definition) is 0. The van der Waals surface area contributed by atoms with Crippen molar-refractivity contribution in [1.29, 1.82) is 0 Å². The Hall–Kier alpha value is -0.190. The Balaban J connectivity index is 2.53. The highest BCUT2D eigenvalue weighted by molar-refractivity contribution is 7.90. The molecule has 0 aromatic heterocycles. The topological polar surface area (TPSA) is 34.1 Å². The second-order valence-electron chi connectivity index (χ2n) is 3.91. The second kappa shape index (κ2) is 3.52. The molecule has 0 aliphatic heterocycles. The highest BCUT2D eigenvalue weighted by Crippen LogP contribution is 2.36. The smallest absolute Gasteiger partial charge is 0.229 e. The van der Waals surface area contributed by atoms with Crippen LogP contribution in [0, 0.1) is 5.92 Å². The first kappa shape index (κ1) is 10.9. The van der Waals surface area contributed by atoms with Crippen molar-refractivity contribution in [1.82, 2.24) is 0 Å². The molecule has 0 N–H and O–H groups in total. The van der Waals surface area contributed by atoms with E-state index in [0.29, 0.717) is 12.8 Å². The summed E-state index contributed by atoms with van der Waals surface area (Å²) in [5, 5.41) is 0. The number of sulfone groups is 1. The molecule has 1 saturated carbocycles. The summed E-state index contributed by atoms with van der Waals surface area (Å²) in [7, 11) is -3.11. The number of alkyl halides is 2. The van der Waals surface area contributed by atoms with E-state index in [2.05, 4.69) is 0 Å². The van der Waals surface area contributed by atoms with Crippen LogP contribution < -0.4 is 0 Å². The normalized spacial score (nSPS) is 28.7. The van der Waals surface area contributed by atoms with Gasteiger partial charge in [0.2, 0.25) is 5.92 Å². The van der Waals surface area contributed by atoms with E-state index in [9.17, 15) is 17.2 Å². The quantitative estimate of drug-likeness (QED) is 0.700. The molecular weight excluding hydrogens is 198 g/mol. The first-order chi connectivity index (χ1) is 5.79. The summed E-state index contributed by atoms with van der Waals surface area (Å²) in [5.74, 6) is -3.09. The molecule has 1 aliphatic carbocycles. The number of halogens is 2. The van der Waals surface area contributed by atoms with E-state index < -0.39 is 15.8 Å². The van der Waals surface area contributed by atoms with E-state index in [-0.39, 0.29) is 24.5 Å². The fourth-order valence-electron chi connectivity index (χ4n) is 1.85. The molecule has 1 unspecified atom stereocenters. The van der Waals surface area contributed by atoms with Crippen LogP contribution in [-0.2, 0) is 9.84 Å². The van der Waals surface area contributed by atoms with Gasteiger partial charge in [0.1, 0.15) is 9.84 Å². The van der Waals surface area contributed by atoms with E-state index in [1.807, 2.05) is 0 Å². The molecule has 5 heteroatoms.